The average Bonchev–Trinajstić information content (AvgIpc) is 4.04. The van der Waals surface area contributed by atoms with Crippen molar-refractivity contribution in [3.63, 3.8) is 0 Å². The molecule has 0 amide bonds. The van der Waals surface area contributed by atoms with Gasteiger partial charge >= 0.3 is 20.1 Å². The number of thiophene rings is 1. The molecule has 0 bridgehead atoms. The Morgan fingerprint density at radius 2 is 1.28 bits per heavy atom. The number of hydrogen-bond acceptors (Lipinski definition) is 2. The zero-order valence-corrected chi connectivity index (χ0v) is 42.5. The molecule has 3 heterocycles. The van der Waals surface area contributed by atoms with Crippen molar-refractivity contribution in [2.24, 2.45) is 0 Å². The van der Waals surface area contributed by atoms with E-state index < -0.39 is 6.85 Å². The van der Waals surface area contributed by atoms with E-state index in [4.69, 9.17) is 14.1 Å². The van der Waals surface area contributed by atoms with Crippen LogP contribution in [-0.4, -0.2) is 9.55 Å². The van der Waals surface area contributed by atoms with Gasteiger partial charge < -0.3 is 9.13 Å². The zero-order valence-electron chi connectivity index (χ0n) is 42.3. The maximum Gasteiger partial charge on any atom is 3.00 e. The second kappa shape index (κ2) is 18.8. The molecular weight excluding hydrogens is 1010 g/mol. The van der Waals surface area contributed by atoms with Crippen LogP contribution in [0.4, 0.5) is 0 Å². The molecule has 67 heavy (non-hydrogen) atoms. The number of hydrogen-bond donors (Lipinski definition) is 0. The molecule has 0 aliphatic carbocycles. The van der Waals surface area contributed by atoms with Crippen molar-refractivity contribution in [2.75, 3.05) is 0 Å². The topological polar surface area (TPSA) is 35.8 Å². The smallest absolute Gasteiger partial charge is 0.333 e. The van der Waals surface area contributed by atoms with Crippen LogP contribution in [0.1, 0.15) is 111 Å². The molecule has 3 aromatic heterocycles. The maximum atomic E-state index is 8.09. The standard InChI is InChI=1S/C36H31N2S.C25H25N2.Ir/c1-21(2)25-13-9-14-26(22(3)4)34(25)38-32-18-7-6-17-31(32)37-36(38)28-16-10-15-27-30-19-24-12-8-11-23(5)29(24)20-33(30)39-35(27)28;1-17(2)20-13-10-14-21(18(3)4)24(20)27-23-16-9-8-15-22(23)26-25(27)19-11-6-5-7-12-19;/h6-15,17-22H,1-5H3;5-11,13-18H,1-4H3;/q2*-1;+3/i5D3;;. The molecule has 8 aromatic carbocycles. The van der Waals surface area contributed by atoms with Gasteiger partial charge in [-0.15, -0.1) is 54.1 Å². The van der Waals surface area contributed by atoms with E-state index in [1.165, 1.54) is 33.6 Å². The molecule has 6 heteroatoms. The van der Waals surface area contributed by atoms with E-state index in [-0.39, 0.29) is 20.1 Å². The summed E-state index contributed by atoms with van der Waals surface area (Å²) < 4.78 is 31.1. The fraction of sp³-hybridized carbons (Fsp3) is 0.213. The quantitative estimate of drug-likeness (QED) is 0.112. The Labute approximate surface area is 416 Å². The minimum Gasteiger partial charge on any atom is -0.333 e. The molecule has 0 saturated carbocycles. The number of imidazole rings is 2. The summed E-state index contributed by atoms with van der Waals surface area (Å²) >= 11 is 1.68. The van der Waals surface area contributed by atoms with Crippen molar-refractivity contribution >= 4 is 64.3 Å². The summed E-state index contributed by atoms with van der Waals surface area (Å²) in [5.74, 6) is 3.33. The van der Waals surface area contributed by atoms with Crippen LogP contribution in [0, 0.1) is 19.0 Å². The Morgan fingerprint density at radius 1 is 0.627 bits per heavy atom. The van der Waals surface area contributed by atoms with Crippen LogP contribution in [0.3, 0.4) is 0 Å². The number of benzene rings is 8. The molecule has 0 saturated heterocycles. The van der Waals surface area contributed by atoms with Crippen molar-refractivity contribution in [1.29, 1.82) is 0 Å². The van der Waals surface area contributed by atoms with Gasteiger partial charge in [0.15, 0.2) is 0 Å². The minimum atomic E-state index is -2.18. The monoisotopic (exact) mass is 1070 g/mol. The number of fused-ring (bicyclic) bond motifs is 6. The molecule has 334 valence electrons. The van der Waals surface area contributed by atoms with Gasteiger partial charge in [-0.05, 0) is 116 Å². The van der Waals surface area contributed by atoms with E-state index >= 15 is 0 Å². The minimum absolute atomic E-state index is 0. The second-order valence-corrected chi connectivity index (χ2v) is 19.6. The van der Waals surface area contributed by atoms with E-state index in [9.17, 15) is 0 Å². The average molecular weight is 1070 g/mol. The molecule has 0 spiro atoms. The first-order chi connectivity index (χ1) is 33.2. The predicted molar refractivity (Wildman–Crippen MR) is 280 cm³/mol. The fourth-order valence-corrected chi connectivity index (χ4v) is 10.8. The summed E-state index contributed by atoms with van der Waals surface area (Å²) in [6.45, 7) is 15.9. The Kier molecular flexibility index (Phi) is 11.9. The molecule has 0 radical (unpaired) electrons. The molecule has 0 N–H and O–H groups in total. The molecule has 11 rings (SSSR count). The number of aryl methyl sites for hydroxylation is 1. The number of nitrogens with zero attached hydrogens (tertiary/aromatic N) is 4. The van der Waals surface area contributed by atoms with E-state index in [2.05, 4.69) is 180 Å². The summed E-state index contributed by atoms with van der Waals surface area (Å²) in [6.07, 6.45) is 0. The van der Waals surface area contributed by atoms with E-state index in [0.29, 0.717) is 29.2 Å². The van der Waals surface area contributed by atoms with Crippen molar-refractivity contribution in [1.82, 2.24) is 14.5 Å². The van der Waals surface area contributed by atoms with E-state index in [0.717, 1.165) is 75.8 Å². The first-order valence-electron chi connectivity index (χ1n) is 24.7. The number of aromatic nitrogens is 4. The van der Waals surface area contributed by atoms with Gasteiger partial charge in [-0.2, -0.15) is 11.3 Å². The number of rotatable bonds is 8. The number of para-hydroxylation sites is 6. The van der Waals surface area contributed by atoms with Crippen LogP contribution in [0.2, 0.25) is 0 Å². The molecule has 0 unspecified atom stereocenters. The fourth-order valence-electron chi connectivity index (χ4n) is 9.60. The third-order valence-electron chi connectivity index (χ3n) is 12.9. The molecule has 0 aliphatic rings. The first-order valence-corrected chi connectivity index (χ1v) is 24.0. The van der Waals surface area contributed by atoms with Crippen LogP contribution in [0.15, 0.2) is 152 Å². The van der Waals surface area contributed by atoms with Crippen molar-refractivity contribution in [3.8, 4) is 34.2 Å². The molecule has 4 nitrogen and oxygen atoms in total. The third kappa shape index (κ3) is 8.24. The Bertz CT molecular complexity index is 3640. The van der Waals surface area contributed by atoms with Gasteiger partial charge in [0.05, 0.1) is 33.7 Å². The summed E-state index contributed by atoms with van der Waals surface area (Å²) in [5.41, 5.74) is 14.3. The largest absolute Gasteiger partial charge is 3.00 e. The summed E-state index contributed by atoms with van der Waals surface area (Å²) in [5, 5.41) is 3.96. The zero-order chi connectivity index (χ0) is 48.3. The first kappa shape index (κ1) is 42.2. The SMILES string of the molecule is CC(C)c1cccc(C(C)C)c1-n1c(-c2[c-]cccc2)nc2ccccc21.[2H]C([2H])([2H])c1cccc2cc3c(cc12)sc1c(-c2[n-]c4ccccc4[n+]2-c2c(C(C)C)cccc2C(C)C)[c-]ccc13.[Ir+3]. The van der Waals surface area contributed by atoms with Gasteiger partial charge in [0, 0.05) is 20.2 Å². The van der Waals surface area contributed by atoms with Gasteiger partial charge in [0.2, 0.25) is 0 Å². The van der Waals surface area contributed by atoms with Gasteiger partial charge in [0.1, 0.15) is 0 Å². The van der Waals surface area contributed by atoms with Crippen molar-refractivity contribution < 1.29 is 28.8 Å². The normalized spacial score (nSPS) is 12.6. The maximum absolute atomic E-state index is 8.09. The predicted octanol–water partition coefficient (Wildman–Crippen LogP) is 16.4. The van der Waals surface area contributed by atoms with E-state index in [1.54, 1.807) is 17.4 Å². The van der Waals surface area contributed by atoms with Crippen LogP contribution in [-0.2, 0) is 20.1 Å². The summed E-state index contributed by atoms with van der Waals surface area (Å²) in [6, 6.07) is 59.0. The Balaban J connectivity index is 0.000000188. The Hall–Kier alpha value is -6.17. The molecular formula is C61H56IrN4S+. The molecule has 0 fully saturated rings. The van der Waals surface area contributed by atoms with Crippen molar-refractivity contribution in [2.45, 2.75) is 85.9 Å². The molecule has 0 aliphatic heterocycles. The Morgan fingerprint density at radius 3 is 1.97 bits per heavy atom. The second-order valence-electron chi connectivity index (χ2n) is 18.6. The van der Waals surface area contributed by atoms with E-state index in [1.807, 2.05) is 42.5 Å². The van der Waals surface area contributed by atoms with Crippen molar-refractivity contribution in [3.05, 3.63) is 192 Å². The molecule has 0 atom stereocenters. The van der Waals surface area contributed by atoms with Crippen LogP contribution in [0.5, 0.6) is 0 Å². The van der Waals surface area contributed by atoms with Gasteiger partial charge in [-0.3, -0.25) is 9.97 Å². The van der Waals surface area contributed by atoms with Gasteiger partial charge in [-0.25, -0.2) is 0 Å². The molecule has 11 aromatic rings. The third-order valence-corrected chi connectivity index (χ3v) is 14.0. The van der Waals surface area contributed by atoms with Crippen LogP contribution >= 0.6 is 11.3 Å². The van der Waals surface area contributed by atoms with Crippen LogP contribution < -0.4 is 9.55 Å². The van der Waals surface area contributed by atoms with Gasteiger partial charge in [0.25, 0.3) is 0 Å². The van der Waals surface area contributed by atoms with Gasteiger partial charge in [-0.1, -0.05) is 145 Å². The summed E-state index contributed by atoms with van der Waals surface area (Å²) in [7, 11) is 0. The summed E-state index contributed by atoms with van der Waals surface area (Å²) in [4.78, 5) is 10.2. The van der Waals surface area contributed by atoms with Crippen LogP contribution in [0.25, 0.3) is 87.2 Å².